The molecule has 1 heterocycles. The third-order valence-corrected chi connectivity index (χ3v) is 15.0. The van der Waals surface area contributed by atoms with Crippen molar-refractivity contribution in [2.75, 3.05) is 26.1 Å². The van der Waals surface area contributed by atoms with Crippen LogP contribution in [0.2, 0.25) is 0 Å². The molecule has 2 aliphatic carbocycles. The van der Waals surface area contributed by atoms with E-state index in [-0.39, 0.29) is 68.6 Å². The van der Waals surface area contributed by atoms with Crippen LogP contribution < -0.4 is 14.2 Å². The van der Waals surface area contributed by atoms with Crippen LogP contribution >= 0.6 is 11.8 Å². The fraction of sp³-hybridized carbons (Fsp3) is 0.322. The zero-order valence-electron chi connectivity index (χ0n) is 40.9. The number of amides is 1. The molecule has 1 fully saturated rings. The molecule has 1 aliphatic heterocycles. The first-order valence-corrected chi connectivity index (χ1v) is 26.2. The van der Waals surface area contributed by atoms with Crippen LogP contribution in [0, 0.1) is 27.9 Å². The second-order valence-corrected chi connectivity index (χ2v) is 19.6. The predicted molar refractivity (Wildman–Crippen MR) is 283 cm³/mol. The molecule has 0 bridgehead atoms. The minimum Gasteiger partial charge on any atom is -0.459 e. The van der Waals surface area contributed by atoms with E-state index in [0.29, 0.717) is 35.8 Å². The molecule has 13 nitrogen and oxygen atoms in total. The van der Waals surface area contributed by atoms with Crippen molar-refractivity contribution in [3.8, 4) is 23.0 Å². The number of non-ortho nitro benzene ring substituents is 1. The van der Waals surface area contributed by atoms with E-state index in [0.717, 1.165) is 63.6 Å². The number of carbonyl (C=O) groups is 1. The SMILES string of the molecule is C=CCOC12Oc3ccc(Oc4ccc(SC)cc4)cc3C3C(CCCCO)C(CCCCO)C=C(C(=NOCc4ccccc4)CC1N(Cc1cccc4ccccc14)C(=O)Oc1ccc([N+](=O)[O-])cc1)C32. The summed E-state index contributed by atoms with van der Waals surface area (Å²) in [4.78, 5) is 35.7. The van der Waals surface area contributed by atoms with Crippen molar-refractivity contribution < 1.29 is 43.7 Å². The Morgan fingerprint density at radius 1 is 0.877 bits per heavy atom. The molecular formula is C59H61N3O10S. The molecule has 0 aromatic heterocycles. The van der Waals surface area contributed by atoms with Crippen molar-refractivity contribution in [2.45, 2.75) is 80.7 Å². The van der Waals surface area contributed by atoms with Gasteiger partial charge < -0.3 is 34.0 Å². The lowest BCUT2D eigenvalue weighted by Crippen LogP contribution is -2.70. The maximum Gasteiger partial charge on any atom is 0.416 e. The number of allylic oxidation sites excluding steroid dienone is 1. The largest absolute Gasteiger partial charge is 0.459 e. The number of nitro groups is 1. The van der Waals surface area contributed by atoms with Crippen LogP contribution in [0.5, 0.6) is 23.0 Å². The summed E-state index contributed by atoms with van der Waals surface area (Å²) in [7, 11) is 0. The van der Waals surface area contributed by atoms with Gasteiger partial charge in [0.15, 0.2) is 0 Å². The highest BCUT2D eigenvalue weighted by molar-refractivity contribution is 7.98. The van der Waals surface area contributed by atoms with Crippen LogP contribution in [0.15, 0.2) is 174 Å². The normalized spacial score (nSPS) is 21.3. The maximum atomic E-state index is 15.4. The second-order valence-electron chi connectivity index (χ2n) is 18.7. The summed E-state index contributed by atoms with van der Waals surface area (Å²) < 4.78 is 27.6. The van der Waals surface area contributed by atoms with E-state index < -0.39 is 28.8 Å². The Labute approximate surface area is 430 Å². The summed E-state index contributed by atoms with van der Waals surface area (Å²) in [5, 5.41) is 38.8. The lowest BCUT2D eigenvalue weighted by molar-refractivity contribution is -0.384. The molecule has 0 saturated heterocycles. The van der Waals surface area contributed by atoms with Crippen molar-refractivity contribution in [1.29, 1.82) is 0 Å². The Morgan fingerprint density at radius 3 is 2.33 bits per heavy atom. The third-order valence-electron chi connectivity index (χ3n) is 14.3. The summed E-state index contributed by atoms with van der Waals surface area (Å²) in [6.45, 7) is 4.51. The van der Waals surface area contributed by atoms with Crippen LogP contribution in [-0.2, 0) is 22.7 Å². The molecular weight excluding hydrogens is 943 g/mol. The number of oxime groups is 1. The van der Waals surface area contributed by atoms with E-state index >= 15 is 4.79 Å². The Bertz CT molecular complexity index is 2930. The number of aliphatic hydroxyl groups excluding tert-OH is 2. The molecule has 0 spiro atoms. The number of carbonyl (C=O) groups excluding carboxylic acids is 1. The van der Waals surface area contributed by atoms with Crippen LogP contribution in [0.25, 0.3) is 10.8 Å². The van der Waals surface area contributed by atoms with Gasteiger partial charge in [-0.05, 0) is 126 Å². The molecule has 9 rings (SSSR count). The first-order valence-electron chi connectivity index (χ1n) is 25.0. The number of thioether (sulfide) groups is 1. The maximum absolute atomic E-state index is 15.4. The summed E-state index contributed by atoms with van der Waals surface area (Å²) in [6, 6.07) is 42.1. The van der Waals surface area contributed by atoms with Gasteiger partial charge in [-0.2, -0.15) is 0 Å². The Kier molecular flexibility index (Phi) is 16.6. The van der Waals surface area contributed by atoms with Gasteiger partial charge in [-0.1, -0.05) is 103 Å². The molecule has 2 N–H and O–H groups in total. The number of hydrogen-bond donors (Lipinski definition) is 2. The van der Waals surface area contributed by atoms with E-state index in [1.807, 2.05) is 115 Å². The molecule has 6 unspecified atom stereocenters. The molecule has 14 heteroatoms. The third kappa shape index (κ3) is 11.3. The molecule has 6 aromatic rings. The lowest BCUT2D eigenvalue weighted by Gasteiger charge is -2.59. The quantitative estimate of drug-likeness (QED) is 0.0219. The number of hydrogen-bond acceptors (Lipinski definition) is 12. The minimum absolute atomic E-state index is 0.00275. The molecule has 3 aliphatic rings. The minimum atomic E-state index is -1.60. The number of nitro benzene ring substituents is 1. The van der Waals surface area contributed by atoms with Crippen LogP contribution in [0.4, 0.5) is 10.5 Å². The van der Waals surface area contributed by atoms with Gasteiger partial charge in [0, 0.05) is 48.1 Å². The van der Waals surface area contributed by atoms with Gasteiger partial charge in [-0.25, -0.2) is 4.79 Å². The highest BCUT2D eigenvalue weighted by Crippen LogP contribution is 2.62. The number of unbranched alkanes of at least 4 members (excludes halogenated alkanes) is 2. The summed E-state index contributed by atoms with van der Waals surface area (Å²) in [5.74, 6) is -0.568. The first kappa shape index (κ1) is 51.0. The summed E-state index contributed by atoms with van der Waals surface area (Å²) in [6.07, 6.45) is 9.71. The molecule has 378 valence electrons. The van der Waals surface area contributed by atoms with Crippen molar-refractivity contribution in [1.82, 2.24) is 4.90 Å². The number of aliphatic hydroxyl groups is 2. The molecule has 6 atom stereocenters. The fourth-order valence-electron chi connectivity index (χ4n) is 11.0. The van der Waals surface area contributed by atoms with Gasteiger partial charge in [0.05, 0.1) is 29.7 Å². The number of rotatable bonds is 22. The highest BCUT2D eigenvalue weighted by Gasteiger charge is 2.66. The Balaban J connectivity index is 1.26. The fourth-order valence-corrected chi connectivity index (χ4v) is 11.4. The zero-order valence-corrected chi connectivity index (χ0v) is 41.7. The molecule has 1 amide bonds. The van der Waals surface area contributed by atoms with Crippen LogP contribution in [0.3, 0.4) is 0 Å². The van der Waals surface area contributed by atoms with E-state index in [2.05, 4.69) is 18.7 Å². The monoisotopic (exact) mass is 1000 g/mol. The van der Waals surface area contributed by atoms with Gasteiger partial charge >= 0.3 is 6.09 Å². The van der Waals surface area contributed by atoms with Gasteiger partial charge in [-0.3, -0.25) is 15.0 Å². The summed E-state index contributed by atoms with van der Waals surface area (Å²) in [5.41, 5.74) is 4.03. The van der Waals surface area contributed by atoms with Gasteiger partial charge in [-0.15, -0.1) is 18.3 Å². The van der Waals surface area contributed by atoms with Crippen molar-refractivity contribution in [3.05, 3.63) is 191 Å². The topological polar surface area (TPSA) is 162 Å². The number of fused-ring (bicyclic) bond motifs is 3. The average molecular weight is 1000 g/mol. The van der Waals surface area contributed by atoms with E-state index in [1.54, 1.807) is 22.7 Å². The molecule has 73 heavy (non-hydrogen) atoms. The second kappa shape index (κ2) is 23.7. The van der Waals surface area contributed by atoms with E-state index in [4.69, 9.17) is 28.9 Å². The lowest BCUT2D eigenvalue weighted by atomic mass is 9.55. The number of benzene rings is 6. The first-order chi connectivity index (χ1) is 35.7. The smallest absolute Gasteiger partial charge is 0.416 e. The van der Waals surface area contributed by atoms with Crippen molar-refractivity contribution >= 4 is 40.0 Å². The van der Waals surface area contributed by atoms with Gasteiger partial charge in [0.1, 0.15) is 35.6 Å². The van der Waals surface area contributed by atoms with E-state index in [1.165, 1.54) is 24.3 Å². The van der Waals surface area contributed by atoms with Gasteiger partial charge in [0.25, 0.3) is 5.69 Å². The average Bonchev–Trinajstić information content (AvgIpc) is 3.41. The number of ether oxygens (including phenoxy) is 4. The Hall–Kier alpha value is -6.97. The standard InChI is InChI=1S/C59H61N3O10S/c1-3-34-68-59-55(61(38-43-19-13-18-41-16-7-8-20-49(41)43)58(65)71-46-24-22-44(23-25-46)62(66)67)37-53(60-69-39-40-14-5-4-6-15-40)51-35-42(17-9-11-32-63)50(21-10-12-33-64)56(57(51)59)52-36-47(28-31-54(52)72-59)70-45-26-29-48(73-2)30-27-45/h3-8,13-16,18-20,22-31,35-36,42,50,55-57,63-64H,1,9-12,17,21,32-34,37-39H2,2H3. The van der Waals surface area contributed by atoms with Crippen molar-refractivity contribution in [2.24, 2.45) is 22.9 Å². The van der Waals surface area contributed by atoms with E-state index in [9.17, 15) is 20.3 Å². The van der Waals surface area contributed by atoms with Crippen LogP contribution in [-0.4, -0.2) is 69.7 Å². The Morgan fingerprint density at radius 2 is 1.59 bits per heavy atom. The molecule has 6 aromatic carbocycles. The molecule has 1 saturated carbocycles. The number of nitrogens with zero attached hydrogens (tertiary/aromatic N) is 3. The van der Waals surface area contributed by atoms with Crippen molar-refractivity contribution in [3.63, 3.8) is 0 Å². The zero-order chi connectivity index (χ0) is 50.7. The highest BCUT2D eigenvalue weighted by atomic mass is 32.2. The molecule has 0 radical (unpaired) electrons. The summed E-state index contributed by atoms with van der Waals surface area (Å²) >= 11 is 1.65. The van der Waals surface area contributed by atoms with Gasteiger partial charge in [0.2, 0.25) is 5.79 Å². The van der Waals surface area contributed by atoms with Crippen LogP contribution in [0.1, 0.15) is 67.6 Å². The predicted octanol–water partition coefficient (Wildman–Crippen LogP) is 12.8.